The number of hydrogen-bond acceptors (Lipinski definition) is 4. The molecule has 2 rings (SSSR count). The molecular formula is C11H10Cl2N2O3S. The van der Waals surface area contributed by atoms with Crippen LogP contribution in [0.1, 0.15) is 11.3 Å². The molecule has 0 spiro atoms. The zero-order chi connectivity index (χ0) is 14.2. The highest BCUT2D eigenvalue weighted by atomic mass is 35.5. The molecule has 0 unspecified atom stereocenters. The largest absolute Gasteiger partial charge is 0.337 e. The number of nitrogens with one attached hydrogen (secondary N) is 1. The van der Waals surface area contributed by atoms with Crippen LogP contribution in [0.4, 0.5) is 5.88 Å². The molecule has 0 bridgehead atoms. The van der Waals surface area contributed by atoms with Crippen molar-refractivity contribution in [1.82, 2.24) is 5.16 Å². The second-order valence-corrected chi connectivity index (χ2v) is 6.40. The smallest absolute Gasteiger partial charge is 0.265 e. The normalized spacial score (nSPS) is 11.6. The number of rotatable bonds is 3. The Morgan fingerprint density at radius 3 is 2.53 bits per heavy atom. The molecule has 0 atom stereocenters. The topological polar surface area (TPSA) is 72.2 Å². The minimum Gasteiger partial charge on any atom is -0.337 e. The fourth-order valence-electron chi connectivity index (χ4n) is 1.37. The van der Waals surface area contributed by atoms with Crippen molar-refractivity contribution in [2.75, 3.05) is 4.72 Å². The number of benzene rings is 1. The molecule has 1 N–H and O–H groups in total. The van der Waals surface area contributed by atoms with E-state index < -0.39 is 10.0 Å². The first-order valence-electron chi connectivity index (χ1n) is 5.22. The molecule has 1 aromatic heterocycles. The van der Waals surface area contributed by atoms with Crippen LogP contribution >= 0.6 is 23.2 Å². The number of anilines is 1. The van der Waals surface area contributed by atoms with Gasteiger partial charge in [0.15, 0.2) is 0 Å². The maximum absolute atomic E-state index is 12.2. The summed E-state index contributed by atoms with van der Waals surface area (Å²) >= 11 is 11.6. The molecule has 0 fully saturated rings. The molecule has 0 aliphatic rings. The Hall–Kier alpha value is -1.24. The van der Waals surface area contributed by atoms with Gasteiger partial charge >= 0.3 is 0 Å². The van der Waals surface area contributed by atoms with Gasteiger partial charge in [-0.25, -0.2) is 13.1 Å². The van der Waals surface area contributed by atoms with Gasteiger partial charge in [0, 0.05) is 10.6 Å². The van der Waals surface area contributed by atoms with Gasteiger partial charge < -0.3 is 4.52 Å². The zero-order valence-electron chi connectivity index (χ0n) is 10.1. The molecule has 102 valence electrons. The van der Waals surface area contributed by atoms with Crippen LogP contribution in [0.15, 0.2) is 27.6 Å². The third-order valence-corrected chi connectivity index (χ3v) is 4.61. The average molecular weight is 321 g/mol. The summed E-state index contributed by atoms with van der Waals surface area (Å²) in [5.41, 5.74) is 1.22. The lowest BCUT2D eigenvalue weighted by Gasteiger charge is -2.07. The fourth-order valence-corrected chi connectivity index (χ4v) is 3.18. The molecule has 0 aliphatic carbocycles. The molecule has 0 saturated heterocycles. The zero-order valence-corrected chi connectivity index (χ0v) is 12.4. The van der Waals surface area contributed by atoms with Crippen LogP contribution in [0, 0.1) is 13.8 Å². The second-order valence-electron chi connectivity index (χ2n) is 3.90. The maximum Gasteiger partial charge on any atom is 0.265 e. The number of halogens is 2. The SMILES string of the molecule is Cc1noc(NS(=O)(=O)c2cc(Cl)ccc2Cl)c1C. The highest BCUT2D eigenvalue weighted by molar-refractivity contribution is 7.92. The lowest BCUT2D eigenvalue weighted by Crippen LogP contribution is -2.13. The van der Waals surface area contributed by atoms with Crippen LogP contribution < -0.4 is 4.72 Å². The average Bonchev–Trinajstić information content (AvgIpc) is 2.63. The van der Waals surface area contributed by atoms with Crippen molar-refractivity contribution < 1.29 is 12.9 Å². The Kier molecular flexibility index (Phi) is 3.75. The van der Waals surface area contributed by atoms with E-state index in [1.165, 1.54) is 18.2 Å². The van der Waals surface area contributed by atoms with E-state index in [2.05, 4.69) is 9.88 Å². The molecule has 8 heteroatoms. The molecule has 0 saturated carbocycles. The molecule has 19 heavy (non-hydrogen) atoms. The van der Waals surface area contributed by atoms with E-state index in [9.17, 15) is 8.42 Å². The first kappa shape index (κ1) is 14.2. The van der Waals surface area contributed by atoms with E-state index in [4.69, 9.17) is 27.7 Å². The third kappa shape index (κ3) is 2.86. The number of sulfonamides is 1. The van der Waals surface area contributed by atoms with Gasteiger partial charge in [-0.3, -0.25) is 0 Å². The number of nitrogens with zero attached hydrogens (tertiary/aromatic N) is 1. The van der Waals surface area contributed by atoms with Crippen molar-refractivity contribution in [3.05, 3.63) is 39.5 Å². The summed E-state index contributed by atoms with van der Waals surface area (Å²) in [7, 11) is -3.88. The van der Waals surface area contributed by atoms with Crippen molar-refractivity contribution in [2.24, 2.45) is 0 Å². The summed E-state index contributed by atoms with van der Waals surface area (Å²) < 4.78 is 31.6. The Morgan fingerprint density at radius 1 is 1.26 bits per heavy atom. The molecule has 0 aliphatic heterocycles. The Bertz CT molecular complexity index is 726. The standard InChI is InChI=1S/C11H10Cl2N2O3S/c1-6-7(2)14-18-11(6)15-19(16,17)10-5-8(12)3-4-9(10)13/h3-5,15H,1-2H3. The number of aryl methyl sites for hydroxylation is 1. The van der Waals surface area contributed by atoms with Gasteiger partial charge in [0.2, 0.25) is 5.88 Å². The minimum atomic E-state index is -3.88. The van der Waals surface area contributed by atoms with Gasteiger partial charge in [-0.2, -0.15) is 0 Å². The first-order valence-corrected chi connectivity index (χ1v) is 7.46. The Balaban J connectivity index is 2.43. The van der Waals surface area contributed by atoms with Crippen molar-refractivity contribution >= 4 is 39.1 Å². The van der Waals surface area contributed by atoms with E-state index in [1.807, 2.05) is 0 Å². The fraction of sp³-hybridized carbons (Fsp3) is 0.182. The van der Waals surface area contributed by atoms with Crippen molar-refractivity contribution in [3.63, 3.8) is 0 Å². The van der Waals surface area contributed by atoms with Crippen LogP contribution in [0.5, 0.6) is 0 Å². The molecule has 0 radical (unpaired) electrons. The first-order chi connectivity index (χ1) is 8.81. The van der Waals surface area contributed by atoms with E-state index in [0.717, 1.165) is 0 Å². The molecule has 0 amide bonds. The molecule has 1 aromatic carbocycles. The summed E-state index contributed by atoms with van der Waals surface area (Å²) in [4.78, 5) is -0.116. The summed E-state index contributed by atoms with van der Waals surface area (Å²) in [6.07, 6.45) is 0. The van der Waals surface area contributed by atoms with E-state index >= 15 is 0 Å². The minimum absolute atomic E-state index is 0.0635. The van der Waals surface area contributed by atoms with E-state index in [1.54, 1.807) is 13.8 Å². The Labute approximate surface area is 120 Å². The number of hydrogen-bond donors (Lipinski definition) is 1. The molecule has 5 nitrogen and oxygen atoms in total. The Morgan fingerprint density at radius 2 is 1.95 bits per heavy atom. The van der Waals surface area contributed by atoms with Crippen LogP contribution in [0.3, 0.4) is 0 Å². The summed E-state index contributed by atoms with van der Waals surface area (Å²) in [5, 5.41) is 4.02. The van der Waals surface area contributed by atoms with Crippen molar-refractivity contribution in [1.29, 1.82) is 0 Å². The molecule has 1 heterocycles. The van der Waals surface area contributed by atoms with Crippen molar-refractivity contribution in [3.8, 4) is 0 Å². The predicted molar refractivity (Wildman–Crippen MR) is 73.2 cm³/mol. The predicted octanol–water partition coefficient (Wildman–Crippen LogP) is 3.40. The van der Waals surface area contributed by atoms with Gasteiger partial charge in [-0.15, -0.1) is 0 Å². The van der Waals surface area contributed by atoms with Crippen molar-refractivity contribution in [2.45, 2.75) is 18.7 Å². The second kappa shape index (κ2) is 5.03. The van der Waals surface area contributed by atoms with Crippen LogP contribution in [0.2, 0.25) is 10.0 Å². The van der Waals surface area contributed by atoms with Gasteiger partial charge in [0.25, 0.3) is 10.0 Å². The van der Waals surface area contributed by atoms with Gasteiger partial charge in [0.05, 0.1) is 10.7 Å². The summed E-state index contributed by atoms with van der Waals surface area (Å²) in [6, 6.07) is 4.19. The van der Waals surface area contributed by atoms with Crippen LogP contribution in [0.25, 0.3) is 0 Å². The van der Waals surface area contributed by atoms with E-state index in [-0.39, 0.29) is 20.8 Å². The summed E-state index contributed by atoms with van der Waals surface area (Å²) in [6.45, 7) is 3.41. The lowest BCUT2D eigenvalue weighted by molar-refractivity contribution is 0.430. The van der Waals surface area contributed by atoms with Gasteiger partial charge in [-0.1, -0.05) is 28.4 Å². The maximum atomic E-state index is 12.2. The molecular weight excluding hydrogens is 311 g/mol. The van der Waals surface area contributed by atoms with Crippen LogP contribution in [-0.2, 0) is 10.0 Å². The third-order valence-electron chi connectivity index (χ3n) is 2.57. The van der Waals surface area contributed by atoms with Gasteiger partial charge in [0.1, 0.15) is 4.90 Å². The summed E-state index contributed by atoms with van der Waals surface area (Å²) in [5.74, 6) is 0.0635. The monoisotopic (exact) mass is 320 g/mol. The van der Waals surface area contributed by atoms with E-state index in [0.29, 0.717) is 11.3 Å². The van der Waals surface area contributed by atoms with Crippen LogP contribution in [-0.4, -0.2) is 13.6 Å². The highest BCUT2D eigenvalue weighted by Gasteiger charge is 2.22. The highest BCUT2D eigenvalue weighted by Crippen LogP contribution is 2.28. The lowest BCUT2D eigenvalue weighted by atomic mass is 10.3. The van der Waals surface area contributed by atoms with Gasteiger partial charge in [-0.05, 0) is 32.0 Å². The quantitative estimate of drug-likeness (QED) is 0.940. The number of aromatic nitrogens is 1. The molecule has 2 aromatic rings.